The van der Waals surface area contributed by atoms with Crippen LogP contribution in [0.2, 0.25) is 0 Å². The number of nitrogens with zero attached hydrogens (tertiary/aromatic N) is 2. The van der Waals surface area contributed by atoms with Gasteiger partial charge >= 0.3 is 0 Å². The number of halogens is 1. The van der Waals surface area contributed by atoms with E-state index in [9.17, 15) is 9.50 Å². The zero-order valence-corrected chi connectivity index (χ0v) is 16.1. The van der Waals surface area contributed by atoms with Crippen molar-refractivity contribution in [3.8, 4) is 11.3 Å². The van der Waals surface area contributed by atoms with Gasteiger partial charge in [0, 0.05) is 5.56 Å². The molecular formula is C24H25FN2O. The van der Waals surface area contributed by atoms with Crippen molar-refractivity contribution in [1.29, 1.82) is 0 Å². The molecular weight excluding hydrogens is 351 g/mol. The lowest BCUT2D eigenvalue weighted by molar-refractivity contribution is 0.182. The van der Waals surface area contributed by atoms with Gasteiger partial charge in [0.2, 0.25) is 0 Å². The molecule has 0 aliphatic rings. The number of hydrogen-bond donors (Lipinski definition) is 1. The van der Waals surface area contributed by atoms with Crippen LogP contribution in [0, 0.1) is 5.82 Å². The minimum atomic E-state index is -0.317. The van der Waals surface area contributed by atoms with Crippen LogP contribution in [0.5, 0.6) is 0 Å². The summed E-state index contributed by atoms with van der Waals surface area (Å²) < 4.78 is 14.6. The highest BCUT2D eigenvalue weighted by atomic mass is 19.1. The highest BCUT2D eigenvalue weighted by Gasteiger charge is 2.09. The first-order valence-electron chi connectivity index (χ1n) is 9.58. The van der Waals surface area contributed by atoms with Gasteiger partial charge in [-0.25, -0.2) is 9.37 Å². The first kappa shape index (κ1) is 19.9. The maximum absolute atomic E-state index is 14.6. The molecule has 1 heterocycles. The summed E-state index contributed by atoms with van der Waals surface area (Å²) in [5.74, 6) is -0.317. The van der Waals surface area contributed by atoms with Gasteiger partial charge in [0.15, 0.2) is 0 Å². The smallest absolute Gasteiger partial charge is 0.133 e. The van der Waals surface area contributed by atoms with Crippen molar-refractivity contribution in [3.63, 3.8) is 0 Å². The van der Waals surface area contributed by atoms with Crippen LogP contribution in [-0.2, 0) is 6.42 Å². The topological polar surface area (TPSA) is 46.0 Å². The van der Waals surface area contributed by atoms with Crippen LogP contribution in [0.25, 0.3) is 28.4 Å². The second-order valence-corrected chi connectivity index (χ2v) is 6.99. The minimum absolute atomic E-state index is 0.276. The van der Waals surface area contributed by atoms with E-state index in [0.717, 1.165) is 47.8 Å². The van der Waals surface area contributed by atoms with E-state index in [-0.39, 0.29) is 11.9 Å². The zero-order chi connectivity index (χ0) is 19.9. The summed E-state index contributed by atoms with van der Waals surface area (Å²) in [6.07, 6.45) is 10.4. The number of aliphatic hydroxyl groups excluding tert-OH is 1. The van der Waals surface area contributed by atoms with Crippen LogP contribution in [0.3, 0.4) is 0 Å². The Morgan fingerprint density at radius 2 is 2.04 bits per heavy atom. The number of unbranched alkanes of at least 4 members (excludes halogenated alkanes) is 1. The molecule has 1 N–H and O–H groups in total. The molecule has 1 unspecified atom stereocenters. The van der Waals surface area contributed by atoms with Crippen molar-refractivity contribution in [2.45, 2.75) is 38.7 Å². The Labute approximate surface area is 165 Å². The van der Waals surface area contributed by atoms with Gasteiger partial charge in [0.1, 0.15) is 5.82 Å². The van der Waals surface area contributed by atoms with Gasteiger partial charge < -0.3 is 5.11 Å². The molecule has 0 bridgehead atoms. The number of allylic oxidation sites excluding steroid dienone is 2. The highest BCUT2D eigenvalue weighted by Crippen LogP contribution is 2.24. The lowest BCUT2D eigenvalue weighted by Gasteiger charge is -2.06. The fraction of sp³-hybridized carbons (Fsp3) is 0.250. The molecule has 0 saturated heterocycles. The maximum Gasteiger partial charge on any atom is 0.133 e. The van der Waals surface area contributed by atoms with E-state index in [2.05, 4.69) is 16.5 Å². The summed E-state index contributed by atoms with van der Waals surface area (Å²) >= 11 is 0. The number of aliphatic hydroxyl groups is 1. The molecule has 144 valence electrons. The summed E-state index contributed by atoms with van der Waals surface area (Å²) in [4.78, 5) is 9.02. The van der Waals surface area contributed by atoms with E-state index in [1.807, 2.05) is 42.5 Å². The number of hydrogen-bond acceptors (Lipinski definition) is 3. The molecule has 0 amide bonds. The van der Waals surface area contributed by atoms with Crippen LogP contribution in [0.15, 0.2) is 61.3 Å². The Morgan fingerprint density at radius 3 is 2.79 bits per heavy atom. The lowest BCUT2D eigenvalue weighted by atomic mass is 10.1. The van der Waals surface area contributed by atoms with E-state index in [0.29, 0.717) is 11.3 Å². The second-order valence-electron chi connectivity index (χ2n) is 6.99. The summed E-state index contributed by atoms with van der Waals surface area (Å²) in [6.45, 7) is 5.53. The molecule has 0 saturated carbocycles. The van der Waals surface area contributed by atoms with Crippen LogP contribution < -0.4 is 0 Å². The number of fused-ring (bicyclic) bond motifs is 1. The fourth-order valence-corrected chi connectivity index (χ4v) is 3.07. The zero-order valence-electron chi connectivity index (χ0n) is 16.1. The molecule has 28 heavy (non-hydrogen) atoms. The Kier molecular flexibility index (Phi) is 6.66. The monoisotopic (exact) mass is 376 g/mol. The number of benzene rings is 2. The Morgan fingerprint density at radius 1 is 1.18 bits per heavy atom. The second kappa shape index (κ2) is 9.38. The standard InChI is InChI=1S/C24H25FN2O/c1-3-7-18-11-13-22-23(15-18)26-16-24(27-22)20-12-10-19(14-21(20)25)9-6-4-5-8-17(2)28/h3,6,9-17,28H,1,4-5,7-8H2,2H3. The third-order valence-corrected chi connectivity index (χ3v) is 4.56. The molecule has 0 fully saturated rings. The Hall–Kier alpha value is -2.85. The normalized spacial score (nSPS) is 12.5. The summed E-state index contributed by atoms with van der Waals surface area (Å²) in [5.41, 5.74) is 4.43. The van der Waals surface area contributed by atoms with Gasteiger partial charge in [-0.15, -0.1) is 6.58 Å². The van der Waals surface area contributed by atoms with Crippen molar-refractivity contribution in [2.24, 2.45) is 0 Å². The Bertz CT molecular complexity index is 995. The van der Waals surface area contributed by atoms with Gasteiger partial charge in [0.25, 0.3) is 0 Å². The van der Waals surface area contributed by atoms with Gasteiger partial charge in [-0.2, -0.15) is 0 Å². The minimum Gasteiger partial charge on any atom is -0.393 e. The van der Waals surface area contributed by atoms with Crippen LogP contribution in [0.1, 0.15) is 37.3 Å². The molecule has 3 aromatic rings. The van der Waals surface area contributed by atoms with Gasteiger partial charge in [-0.3, -0.25) is 4.98 Å². The molecule has 3 rings (SSSR count). The number of aromatic nitrogens is 2. The lowest BCUT2D eigenvalue weighted by Crippen LogP contribution is -1.97. The molecule has 0 radical (unpaired) electrons. The third-order valence-electron chi connectivity index (χ3n) is 4.56. The predicted octanol–water partition coefficient (Wildman–Crippen LogP) is 5.73. The van der Waals surface area contributed by atoms with E-state index in [4.69, 9.17) is 0 Å². The fourth-order valence-electron chi connectivity index (χ4n) is 3.07. The third kappa shape index (κ3) is 5.11. The molecule has 0 spiro atoms. The van der Waals surface area contributed by atoms with Gasteiger partial charge in [-0.05, 0) is 68.0 Å². The van der Waals surface area contributed by atoms with Gasteiger partial charge in [-0.1, -0.05) is 30.4 Å². The SMILES string of the molecule is C=CCc1ccc2nc(-c3ccc(C=CCCCC(C)O)cc3F)cnc2c1. The molecule has 0 aliphatic carbocycles. The van der Waals surface area contributed by atoms with E-state index < -0.39 is 0 Å². The Balaban J connectivity index is 1.77. The average Bonchev–Trinajstić information content (AvgIpc) is 2.67. The van der Waals surface area contributed by atoms with Crippen LogP contribution in [0.4, 0.5) is 4.39 Å². The first-order valence-corrected chi connectivity index (χ1v) is 9.58. The predicted molar refractivity (Wildman–Crippen MR) is 113 cm³/mol. The van der Waals surface area contributed by atoms with Crippen molar-refractivity contribution < 1.29 is 9.50 Å². The van der Waals surface area contributed by atoms with Crippen molar-refractivity contribution in [3.05, 3.63) is 78.3 Å². The van der Waals surface area contributed by atoms with E-state index in [1.165, 1.54) is 6.07 Å². The summed E-state index contributed by atoms with van der Waals surface area (Å²) in [6, 6.07) is 11.0. The van der Waals surface area contributed by atoms with Crippen molar-refractivity contribution >= 4 is 17.1 Å². The molecule has 1 aromatic heterocycles. The van der Waals surface area contributed by atoms with Gasteiger partial charge in [0.05, 0.1) is 29.0 Å². The molecule has 0 aliphatic heterocycles. The van der Waals surface area contributed by atoms with Crippen molar-refractivity contribution in [2.75, 3.05) is 0 Å². The average molecular weight is 376 g/mol. The number of rotatable bonds is 8. The van der Waals surface area contributed by atoms with E-state index >= 15 is 0 Å². The highest BCUT2D eigenvalue weighted by molar-refractivity contribution is 5.78. The van der Waals surface area contributed by atoms with E-state index in [1.54, 1.807) is 19.2 Å². The summed E-state index contributed by atoms with van der Waals surface area (Å²) in [7, 11) is 0. The maximum atomic E-state index is 14.6. The molecule has 4 heteroatoms. The first-order chi connectivity index (χ1) is 13.6. The molecule has 2 aromatic carbocycles. The van der Waals surface area contributed by atoms with Crippen molar-refractivity contribution in [1.82, 2.24) is 9.97 Å². The molecule has 1 atom stereocenters. The van der Waals surface area contributed by atoms with Crippen LogP contribution in [-0.4, -0.2) is 21.2 Å². The molecule has 3 nitrogen and oxygen atoms in total. The van der Waals surface area contributed by atoms with Crippen LogP contribution >= 0.6 is 0 Å². The quantitative estimate of drug-likeness (QED) is 0.403. The summed E-state index contributed by atoms with van der Waals surface area (Å²) in [5, 5.41) is 9.26. The largest absolute Gasteiger partial charge is 0.393 e.